The predicted octanol–water partition coefficient (Wildman–Crippen LogP) is 3.37. The molecule has 0 fully saturated rings. The molecule has 0 unspecified atom stereocenters. The van der Waals surface area contributed by atoms with E-state index in [2.05, 4.69) is 20.6 Å². The van der Waals surface area contributed by atoms with Crippen LogP contribution in [0.25, 0.3) is 11.0 Å². The zero-order valence-corrected chi connectivity index (χ0v) is 14.3. The lowest BCUT2D eigenvalue weighted by molar-refractivity contribution is 0.538. The number of aryl methyl sites for hydroxylation is 2. The van der Waals surface area contributed by atoms with E-state index in [4.69, 9.17) is 4.42 Å². The van der Waals surface area contributed by atoms with Crippen molar-refractivity contribution in [3.63, 3.8) is 0 Å². The van der Waals surface area contributed by atoms with E-state index in [0.717, 1.165) is 39.9 Å². The van der Waals surface area contributed by atoms with E-state index in [-0.39, 0.29) is 0 Å². The molecule has 0 saturated carbocycles. The summed E-state index contributed by atoms with van der Waals surface area (Å²) >= 11 is 1.71. The van der Waals surface area contributed by atoms with Crippen LogP contribution in [0, 0.1) is 13.8 Å². The number of rotatable bonds is 4. The van der Waals surface area contributed by atoms with Gasteiger partial charge < -0.3 is 15.1 Å². The van der Waals surface area contributed by atoms with Crippen molar-refractivity contribution in [1.82, 2.24) is 15.6 Å². The highest BCUT2D eigenvalue weighted by Crippen LogP contribution is 2.18. The first-order valence-corrected chi connectivity index (χ1v) is 8.32. The van der Waals surface area contributed by atoms with Gasteiger partial charge in [0.15, 0.2) is 5.96 Å². The summed E-state index contributed by atoms with van der Waals surface area (Å²) < 4.78 is 5.79. The zero-order valence-electron chi connectivity index (χ0n) is 13.5. The Balaban J connectivity index is 1.58. The number of nitrogens with one attached hydrogen (secondary N) is 2. The Kier molecular flexibility index (Phi) is 4.62. The number of aliphatic imine (C=N–C) groups is 1. The van der Waals surface area contributed by atoms with Crippen molar-refractivity contribution in [2.24, 2.45) is 4.99 Å². The molecule has 0 amide bonds. The molecule has 0 aliphatic heterocycles. The Morgan fingerprint density at radius 1 is 1.22 bits per heavy atom. The van der Waals surface area contributed by atoms with E-state index in [9.17, 15) is 0 Å². The minimum Gasteiger partial charge on any atom is -0.459 e. The normalized spacial score (nSPS) is 11.9. The van der Waals surface area contributed by atoms with Crippen LogP contribution in [-0.2, 0) is 13.1 Å². The number of aromatic nitrogens is 1. The molecule has 0 radical (unpaired) electrons. The van der Waals surface area contributed by atoms with E-state index in [1.807, 2.05) is 44.2 Å². The van der Waals surface area contributed by atoms with Gasteiger partial charge in [-0.05, 0) is 26.0 Å². The summed E-state index contributed by atoms with van der Waals surface area (Å²) in [6, 6.07) is 10.1. The van der Waals surface area contributed by atoms with Gasteiger partial charge in [0.1, 0.15) is 11.3 Å². The summed E-state index contributed by atoms with van der Waals surface area (Å²) in [6.07, 6.45) is 0. The lowest BCUT2D eigenvalue weighted by Crippen LogP contribution is -2.36. The minimum absolute atomic E-state index is 0.592. The standard InChI is InChI=1S/C17H20N4OS/c1-11-16(23-12(2)21-11)10-20-17(18-3)19-9-14-8-13-6-4-5-7-15(13)22-14/h4-8H,9-10H2,1-3H3,(H2,18,19,20). The molecule has 2 N–H and O–H groups in total. The molecule has 0 aliphatic rings. The fraction of sp³-hybridized carbons (Fsp3) is 0.294. The monoisotopic (exact) mass is 328 g/mol. The molecule has 23 heavy (non-hydrogen) atoms. The van der Waals surface area contributed by atoms with Crippen LogP contribution < -0.4 is 10.6 Å². The summed E-state index contributed by atoms with van der Waals surface area (Å²) in [6.45, 7) is 5.37. The number of benzene rings is 1. The Labute approximate surface area is 139 Å². The third-order valence-electron chi connectivity index (χ3n) is 3.55. The molecule has 2 heterocycles. The molecule has 0 atom stereocenters. The first-order chi connectivity index (χ1) is 11.2. The zero-order chi connectivity index (χ0) is 16.2. The van der Waals surface area contributed by atoms with Crippen LogP contribution >= 0.6 is 11.3 Å². The van der Waals surface area contributed by atoms with Gasteiger partial charge in [0.2, 0.25) is 0 Å². The number of thiazole rings is 1. The number of para-hydroxylation sites is 1. The van der Waals surface area contributed by atoms with Crippen LogP contribution in [0.2, 0.25) is 0 Å². The van der Waals surface area contributed by atoms with Crippen molar-refractivity contribution in [1.29, 1.82) is 0 Å². The second-order valence-electron chi connectivity index (χ2n) is 5.27. The molecular formula is C17H20N4OS. The Hall–Kier alpha value is -2.34. The van der Waals surface area contributed by atoms with Crippen molar-refractivity contribution >= 4 is 28.3 Å². The summed E-state index contributed by atoms with van der Waals surface area (Å²) in [5.74, 6) is 1.63. The average molecular weight is 328 g/mol. The first kappa shape index (κ1) is 15.6. The average Bonchev–Trinajstić information content (AvgIpc) is 3.09. The van der Waals surface area contributed by atoms with Gasteiger partial charge in [-0.25, -0.2) is 4.98 Å². The molecule has 2 aromatic heterocycles. The lowest BCUT2D eigenvalue weighted by Gasteiger charge is -2.10. The Morgan fingerprint density at radius 3 is 2.70 bits per heavy atom. The maximum Gasteiger partial charge on any atom is 0.191 e. The first-order valence-electron chi connectivity index (χ1n) is 7.50. The summed E-state index contributed by atoms with van der Waals surface area (Å²) in [5.41, 5.74) is 1.98. The highest BCUT2D eigenvalue weighted by molar-refractivity contribution is 7.11. The van der Waals surface area contributed by atoms with E-state index < -0.39 is 0 Å². The molecule has 5 nitrogen and oxygen atoms in total. The van der Waals surface area contributed by atoms with Gasteiger partial charge in [0.05, 0.1) is 23.8 Å². The van der Waals surface area contributed by atoms with Crippen LogP contribution in [0.4, 0.5) is 0 Å². The third-order valence-corrected chi connectivity index (χ3v) is 4.62. The van der Waals surface area contributed by atoms with Gasteiger partial charge in [0, 0.05) is 17.3 Å². The van der Waals surface area contributed by atoms with Crippen LogP contribution in [0.3, 0.4) is 0 Å². The maximum absolute atomic E-state index is 5.79. The van der Waals surface area contributed by atoms with E-state index in [1.54, 1.807) is 18.4 Å². The molecule has 3 rings (SSSR count). The SMILES string of the molecule is CN=C(NCc1cc2ccccc2o1)NCc1sc(C)nc1C. The predicted molar refractivity (Wildman–Crippen MR) is 94.8 cm³/mol. The molecule has 1 aromatic carbocycles. The highest BCUT2D eigenvalue weighted by Gasteiger charge is 2.07. The van der Waals surface area contributed by atoms with Crippen LogP contribution in [0.1, 0.15) is 21.3 Å². The van der Waals surface area contributed by atoms with Gasteiger partial charge in [-0.2, -0.15) is 0 Å². The number of nitrogens with zero attached hydrogens (tertiary/aromatic N) is 2. The molecule has 0 bridgehead atoms. The van der Waals surface area contributed by atoms with Gasteiger partial charge in [0.25, 0.3) is 0 Å². The van der Waals surface area contributed by atoms with Crippen molar-refractivity contribution in [3.8, 4) is 0 Å². The quantitative estimate of drug-likeness (QED) is 0.569. The van der Waals surface area contributed by atoms with Crippen molar-refractivity contribution < 1.29 is 4.42 Å². The topological polar surface area (TPSA) is 62.5 Å². The Morgan fingerprint density at radius 2 is 2.00 bits per heavy atom. The summed E-state index contributed by atoms with van der Waals surface area (Å²) in [7, 11) is 1.76. The maximum atomic E-state index is 5.79. The highest BCUT2D eigenvalue weighted by atomic mass is 32.1. The van der Waals surface area contributed by atoms with Crippen LogP contribution in [-0.4, -0.2) is 18.0 Å². The number of furan rings is 1. The van der Waals surface area contributed by atoms with Crippen molar-refractivity contribution in [2.45, 2.75) is 26.9 Å². The molecule has 120 valence electrons. The largest absolute Gasteiger partial charge is 0.459 e. The Bertz CT molecular complexity index is 801. The summed E-state index contributed by atoms with van der Waals surface area (Å²) in [4.78, 5) is 9.91. The molecular weight excluding hydrogens is 308 g/mol. The van der Waals surface area contributed by atoms with Gasteiger partial charge in [-0.3, -0.25) is 4.99 Å². The van der Waals surface area contributed by atoms with Gasteiger partial charge in [-0.1, -0.05) is 18.2 Å². The molecule has 0 saturated heterocycles. The smallest absolute Gasteiger partial charge is 0.191 e. The van der Waals surface area contributed by atoms with Crippen LogP contribution in [0.15, 0.2) is 39.7 Å². The second-order valence-corrected chi connectivity index (χ2v) is 6.56. The fourth-order valence-electron chi connectivity index (χ4n) is 2.42. The molecule has 0 aliphatic carbocycles. The van der Waals surface area contributed by atoms with Gasteiger partial charge >= 0.3 is 0 Å². The molecule has 6 heteroatoms. The van der Waals surface area contributed by atoms with Crippen LogP contribution in [0.5, 0.6) is 0 Å². The molecule has 3 aromatic rings. The number of guanidine groups is 1. The third kappa shape index (κ3) is 3.71. The van der Waals surface area contributed by atoms with E-state index in [1.165, 1.54) is 4.88 Å². The number of hydrogen-bond donors (Lipinski definition) is 2. The summed E-state index contributed by atoms with van der Waals surface area (Å²) in [5, 5.41) is 8.79. The fourth-order valence-corrected chi connectivity index (χ4v) is 3.29. The molecule has 0 spiro atoms. The number of fused-ring (bicyclic) bond motifs is 1. The van der Waals surface area contributed by atoms with Gasteiger partial charge in [-0.15, -0.1) is 11.3 Å². The van der Waals surface area contributed by atoms with E-state index >= 15 is 0 Å². The second kappa shape index (κ2) is 6.83. The van der Waals surface area contributed by atoms with Crippen molar-refractivity contribution in [3.05, 3.63) is 51.7 Å². The minimum atomic E-state index is 0.592. The van der Waals surface area contributed by atoms with Crippen molar-refractivity contribution in [2.75, 3.05) is 7.05 Å². The lowest BCUT2D eigenvalue weighted by atomic mass is 10.2. The number of hydrogen-bond acceptors (Lipinski definition) is 4. The van der Waals surface area contributed by atoms with E-state index in [0.29, 0.717) is 6.54 Å².